The first kappa shape index (κ1) is 28.9. The number of benzene rings is 3. The molecular weight excluding hydrogens is 597 g/mol. The summed E-state index contributed by atoms with van der Waals surface area (Å²) in [5.74, 6) is 1.05. The molecule has 3 aliphatic rings. The standard InChI is InChI=1S/C45H34N4/c1-3-14-39(46-30(2)32-16-7-6-8-17-32)44-36-21-12-11-18-33(36)29-42(47-44)49-40-22-13-15-31-23-24-37-43(38(40)27-31)41(49)28-34-25-26-48(45(34)37)35-19-9-4-5-10-20-35/h3-9,11-29,31H,2,10H2,1H3/b14-3-,46-39?. The normalized spacial score (nSPS) is 16.6. The maximum absolute atomic E-state index is 5.47. The quantitative estimate of drug-likeness (QED) is 0.169. The topological polar surface area (TPSA) is 35.1 Å². The molecule has 0 radical (unpaired) electrons. The molecule has 9 rings (SSSR count). The molecule has 0 fully saturated rings. The van der Waals surface area contributed by atoms with Gasteiger partial charge in [-0.15, -0.1) is 0 Å². The van der Waals surface area contributed by atoms with Gasteiger partial charge in [-0.05, 0) is 60.7 Å². The van der Waals surface area contributed by atoms with E-state index in [1.807, 2.05) is 49.4 Å². The highest BCUT2D eigenvalue weighted by Gasteiger charge is 2.22. The highest BCUT2D eigenvalue weighted by atomic mass is 15.1. The summed E-state index contributed by atoms with van der Waals surface area (Å²) in [4.78, 5) is 10.6. The van der Waals surface area contributed by atoms with Gasteiger partial charge >= 0.3 is 0 Å². The minimum Gasteiger partial charge on any atom is -0.316 e. The van der Waals surface area contributed by atoms with E-state index in [1.54, 1.807) is 0 Å². The second-order valence-corrected chi connectivity index (χ2v) is 12.6. The van der Waals surface area contributed by atoms with Crippen molar-refractivity contribution in [3.63, 3.8) is 0 Å². The fourth-order valence-electron chi connectivity index (χ4n) is 7.38. The van der Waals surface area contributed by atoms with E-state index >= 15 is 0 Å². The third-order valence-electron chi connectivity index (χ3n) is 9.59. The average Bonchev–Trinajstić information content (AvgIpc) is 3.35. The van der Waals surface area contributed by atoms with Crippen LogP contribution in [0.5, 0.6) is 0 Å². The molecule has 0 spiro atoms. The van der Waals surface area contributed by atoms with E-state index < -0.39 is 0 Å². The summed E-state index contributed by atoms with van der Waals surface area (Å²) in [6.07, 6.45) is 31.8. The van der Waals surface area contributed by atoms with Gasteiger partial charge in [-0.1, -0.05) is 122 Å². The number of aromatic nitrogens is 3. The molecule has 3 aromatic heterocycles. The van der Waals surface area contributed by atoms with E-state index in [9.17, 15) is 0 Å². The lowest BCUT2D eigenvalue weighted by Crippen LogP contribution is -2.29. The van der Waals surface area contributed by atoms with Gasteiger partial charge in [-0.2, -0.15) is 0 Å². The van der Waals surface area contributed by atoms with Crippen molar-refractivity contribution in [2.45, 2.75) is 13.3 Å². The van der Waals surface area contributed by atoms with Crippen LogP contribution in [0, 0.1) is 5.92 Å². The number of fused-ring (bicyclic) bond motifs is 4. The van der Waals surface area contributed by atoms with Gasteiger partial charge < -0.3 is 4.57 Å². The van der Waals surface area contributed by atoms with Crippen molar-refractivity contribution < 1.29 is 0 Å². The van der Waals surface area contributed by atoms with Crippen LogP contribution in [0.3, 0.4) is 0 Å². The Morgan fingerprint density at radius 1 is 0.939 bits per heavy atom. The molecule has 0 aliphatic heterocycles. The van der Waals surface area contributed by atoms with Crippen molar-refractivity contribution in [1.82, 2.24) is 14.1 Å². The van der Waals surface area contributed by atoms with Gasteiger partial charge in [0.2, 0.25) is 0 Å². The summed E-state index contributed by atoms with van der Waals surface area (Å²) in [5, 5.41) is 6.95. The Bertz CT molecular complexity index is 2700. The summed E-state index contributed by atoms with van der Waals surface area (Å²) in [6, 6.07) is 25.4. The van der Waals surface area contributed by atoms with Crippen LogP contribution in [0.15, 0.2) is 151 Å². The van der Waals surface area contributed by atoms with Gasteiger partial charge in [-0.25, -0.2) is 9.98 Å². The molecule has 3 heterocycles. The molecule has 2 bridgehead atoms. The molecule has 3 aliphatic carbocycles. The number of rotatable bonds is 6. The van der Waals surface area contributed by atoms with E-state index in [-0.39, 0.29) is 5.92 Å². The van der Waals surface area contributed by atoms with E-state index in [0.717, 1.165) is 50.8 Å². The van der Waals surface area contributed by atoms with Crippen LogP contribution >= 0.6 is 0 Å². The molecule has 4 heteroatoms. The van der Waals surface area contributed by atoms with Crippen LogP contribution in [0.2, 0.25) is 0 Å². The fraction of sp³-hybridized carbons (Fsp3) is 0.0667. The summed E-state index contributed by atoms with van der Waals surface area (Å²) < 4.78 is 4.69. The number of hydrogen-bond acceptors (Lipinski definition) is 2. The Morgan fingerprint density at radius 3 is 2.71 bits per heavy atom. The number of allylic oxidation sites excluding steroid dienone is 11. The first-order valence-electron chi connectivity index (χ1n) is 16.8. The third-order valence-corrected chi connectivity index (χ3v) is 9.59. The third kappa shape index (κ3) is 4.84. The largest absolute Gasteiger partial charge is 0.316 e. The zero-order valence-corrected chi connectivity index (χ0v) is 27.3. The first-order valence-corrected chi connectivity index (χ1v) is 16.8. The molecule has 1 atom stereocenters. The van der Waals surface area contributed by atoms with E-state index in [2.05, 4.69) is 131 Å². The Kier molecular flexibility index (Phi) is 6.94. The molecule has 1 unspecified atom stereocenters. The summed E-state index contributed by atoms with van der Waals surface area (Å²) >= 11 is 0. The Hall–Kier alpha value is -6.26. The Morgan fingerprint density at radius 2 is 1.82 bits per heavy atom. The maximum Gasteiger partial charge on any atom is 0.139 e. The SMILES string of the molecule is C=C(N=C(/C=C\C)c1nc(-n2c3c4c5c(c6c(ccn6C6=CCC=CC=C6)cc52)C=CC(C=CC=3)C=4)cc2ccccc12)c1ccccc1. The second-order valence-electron chi connectivity index (χ2n) is 12.6. The van der Waals surface area contributed by atoms with Crippen molar-refractivity contribution in [2.24, 2.45) is 10.9 Å². The lowest BCUT2D eigenvalue weighted by molar-refractivity contribution is 1.01. The van der Waals surface area contributed by atoms with Gasteiger partial charge in [0, 0.05) is 44.8 Å². The zero-order valence-electron chi connectivity index (χ0n) is 27.3. The summed E-state index contributed by atoms with van der Waals surface area (Å²) in [7, 11) is 0. The van der Waals surface area contributed by atoms with Crippen molar-refractivity contribution in [2.75, 3.05) is 0 Å². The minimum absolute atomic E-state index is 0.196. The van der Waals surface area contributed by atoms with Crippen LogP contribution in [-0.2, 0) is 0 Å². The fourth-order valence-corrected chi connectivity index (χ4v) is 7.38. The van der Waals surface area contributed by atoms with Crippen LogP contribution in [-0.4, -0.2) is 19.8 Å². The molecule has 6 aromatic rings. The molecule has 0 saturated carbocycles. The lowest BCUT2D eigenvalue weighted by Gasteiger charge is -2.14. The minimum atomic E-state index is 0.196. The van der Waals surface area contributed by atoms with Gasteiger partial charge in [0.25, 0.3) is 0 Å². The summed E-state index contributed by atoms with van der Waals surface area (Å²) in [6.45, 7) is 6.35. The van der Waals surface area contributed by atoms with E-state index in [4.69, 9.17) is 9.98 Å². The lowest BCUT2D eigenvalue weighted by atomic mass is 10.0. The van der Waals surface area contributed by atoms with E-state index in [0.29, 0.717) is 5.70 Å². The number of pyridine rings is 1. The second kappa shape index (κ2) is 11.8. The van der Waals surface area contributed by atoms with Crippen molar-refractivity contribution in [1.29, 1.82) is 0 Å². The predicted octanol–water partition coefficient (Wildman–Crippen LogP) is 9.30. The molecule has 4 nitrogen and oxygen atoms in total. The Labute approximate surface area is 285 Å². The summed E-state index contributed by atoms with van der Waals surface area (Å²) in [5.41, 5.74) is 8.05. The van der Waals surface area contributed by atoms with Crippen molar-refractivity contribution >= 4 is 67.9 Å². The van der Waals surface area contributed by atoms with Crippen molar-refractivity contribution in [3.05, 3.63) is 174 Å². The van der Waals surface area contributed by atoms with Crippen molar-refractivity contribution in [3.8, 4) is 5.82 Å². The smallest absolute Gasteiger partial charge is 0.139 e. The maximum atomic E-state index is 5.47. The first-order chi connectivity index (χ1) is 24.2. The number of aliphatic imine (C=N–C) groups is 1. The van der Waals surface area contributed by atoms with Crippen LogP contribution in [0.1, 0.15) is 30.2 Å². The van der Waals surface area contributed by atoms with Crippen LogP contribution < -0.4 is 10.6 Å². The molecule has 0 saturated heterocycles. The van der Waals surface area contributed by atoms with Gasteiger partial charge in [-0.3, -0.25) is 4.57 Å². The van der Waals surface area contributed by atoms with Crippen LogP contribution in [0.4, 0.5) is 0 Å². The highest BCUT2D eigenvalue weighted by molar-refractivity contribution is 6.17. The Balaban J connectivity index is 1.34. The highest BCUT2D eigenvalue weighted by Crippen LogP contribution is 2.34. The average molecular weight is 631 g/mol. The van der Waals surface area contributed by atoms with Gasteiger partial charge in [0.05, 0.1) is 33.5 Å². The van der Waals surface area contributed by atoms with Gasteiger partial charge in [0.15, 0.2) is 0 Å². The van der Waals surface area contributed by atoms with Gasteiger partial charge in [0.1, 0.15) is 5.82 Å². The number of hydrogen-bond donors (Lipinski definition) is 0. The molecule has 3 aromatic carbocycles. The molecule has 234 valence electrons. The molecule has 49 heavy (non-hydrogen) atoms. The predicted molar refractivity (Wildman–Crippen MR) is 208 cm³/mol. The zero-order chi connectivity index (χ0) is 32.9. The number of nitrogens with zero attached hydrogens (tertiary/aromatic N) is 4. The molecular formula is C45H34N4. The van der Waals surface area contributed by atoms with E-state index in [1.165, 1.54) is 32.8 Å². The van der Waals surface area contributed by atoms with Crippen LogP contribution in [0.25, 0.3) is 68.0 Å². The molecule has 0 N–H and O–H groups in total. The monoisotopic (exact) mass is 630 g/mol. The molecule has 0 amide bonds.